The van der Waals surface area contributed by atoms with E-state index in [1.807, 2.05) is 25.7 Å². The summed E-state index contributed by atoms with van der Waals surface area (Å²) in [6.07, 6.45) is 6.25. The van der Waals surface area contributed by atoms with Crippen LogP contribution in [0.3, 0.4) is 0 Å². The van der Waals surface area contributed by atoms with Gasteiger partial charge in [-0.1, -0.05) is 54.6 Å². The first-order valence-electron chi connectivity index (χ1n) is 11.0. The first kappa shape index (κ1) is 19.2. The second-order valence-corrected chi connectivity index (χ2v) is 9.63. The lowest BCUT2D eigenvalue weighted by molar-refractivity contribution is 0.0000989. The number of fused-ring (bicyclic) bond motifs is 4. The maximum Gasteiger partial charge on any atom is 0.411 e. The number of piperidine rings is 1. The molecule has 2 aliphatic rings. The summed E-state index contributed by atoms with van der Waals surface area (Å²) in [6.45, 7) is 5.82. The summed E-state index contributed by atoms with van der Waals surface area (Å²) in [5.74, 6) is 0. The number of carbonyl (C=O) groups is 1. The van der Waals surface area contributed by atoms with Crippen LogP contribution in [-0.4, -0.2) is 28.7 Å². The number of ether oxygens (including phenoxy) is 1. The topological polar surface area (TPSA) is 29.5 Å². The molecule has 2 unspecified atom stereocenters. The van der Waals surface area contributed by atoms with Crippen LogP contribution in [0.2, 0.25) is 0 Å². The predicted molar refractivity (Wildman–Crippen MR) is 124 cm³/mol. The summed E-state index contributed by atoms with van der Waals surface area (Å²) in [7, 11) is 0. The number of benzene rings is 3. The number of carbonyl (C=O) groups excluding carboxylic acids is 1. The zero-order valence-corrected chi connectivity index (χ0v) is 18.0. The highest BCUT2D eigenvalue weighted by Gasteiger charge is 2.39. The fourth-order valence-corrected chi connectivity index (χ4v) is 5.17. The van der Waals surface area contributed by atoms with E-state index in [-0.39, 0.29) is 18.2 Å². The Morgan fingerprint density at radius 1 is 0.967 bits per heavy atom. The van der Waals surface area contributed by atoms with E-state index in [0.717, 1.165) is 25.7 Å². The van der Waals surface area contributed by atoms with Crippen molar-refractivity contribution in [3.8, 4) is 0 Å². The third-order valence-electron chi connectivity index (χ3n) is 6.33. The molecule has 2 atom stereocenters. The van der Waals surface area contributed by atoms with E-state index < -0.39 is 5.60 Å². The first-order valence-corrected chi connectivity index (χ1v) is 11.0. The van der Waals surface area contributed by atoms with Crippen molar-refractivity contribution >= 4 is 33.2 Å². The van der Waals surface area contributed by atoms with E-state index in [0.29, 0.717) is 0 Å². The molecule has 30 heavy (non-hydrogen) atoms. The second-order valence-electron chi connectivity index (χ2n) is 9.63. The minimum atomic E-state index is -0.471. The van der Waals surface area contributed by atoms with Gasteiger partial charge in [-0.25, -0.2) is 4.79 Å². The van der Waals surface area contributed by atoms with Crippen molar-refractivity contribution in [1.82, 2.24) is 4.90 Å². The molecule has 5 rings (SSSR count). The normalized spacial score (nSPS) is 21.6. The second kappa shape index (κ2) is 7.16. The van der Waals surface area contributed by atoms with E-state index >= 15 is 0 Å². The molecular weight excluding hydrogens is 370 g/mol. The maximum atomic E-state index is 13.0. The molecule has 0 radical (unpaired) electrons. The molecule has 0 spiro atoms. The Balaban J connectivity index is 1.63. The molecule has 2 aliphatic heterocycles. The highest BCUT2D eigenvalue weighted by atomic mass is 16.6. The number of hydrogen-bond donors (Lipinski definition) is 0. The van der Waals surface area contributed by atoms with Crippen LogP contribution in [0.4, 0.5) is 4.79 Å². The molecule has 1 saturated heterocycles. The van der Waals surface area contributed by atoms with Crippen molar-refractivity contribution in [1.29, 1.82) is 0 Å². The highest BCUT2D eigenvalue weighted by Crippen LogP contribution is 2.42. The minimum Gasteiger partial charge on any atom is -0.444 e. The van der Waals surface area contributed by atoms with Gasteiger partial charge in [0.25, 0.3) is 0 Å². The number of nitrogens with zero attached hydrogens (tertiary/aromatic N) is 1. The molecule has 0 saturated carbocycles. The van der Waals surface area contributed by atoms with Gasteiger partial charge in [-0.05, 0) is 85.2 Å². The minimum absolute atomic E-state index is 0.111. The third-order valence-corrected chi connectivity index (χ3v) is 6.33. The molecule has 2 heterocycles. The molecule has 3 heteroatoms. The molecule has 3 aromatic carbocycles. The fraction of sp³-hybridized carbons (Fsp3) is 0.370. The van der Waals surface area contributed by atoms with Crippen molar-refractivity contribution < 1.29 is 9.53 Å². The van der Waals surface area contributed by atoms with Gasteiger partial charge in [0.1, 0.15) is 5.60 Å². The zero-order valence-electron chi connectivity index (χ0n) is 18.0. The van der Waals surface area contributed by atoms with Gasteiger partial charge in [-0.2, -0.15) is 0 Å². The molecule has 1 amide bonds. The van der Waals surface area contributed by atoms with Crippen LogP contribution in [0, 0.1) is 0 Å². The summed E-state index contributed by atoms with van der Waals surface area (Å²) < 4.78 is 5.75. The van der Waals surface area contributed by atoms with Crippen LogP contribution < -0.4 is 0 Å². The molecule has 0 aliphatic carbocycles. The lowest BCUT2D eigenvalue weighted by atomic mass is 9.80. The molecule has 1 fully saturated rings. The Morgan fingerprint density at radius 3 is 2.20 bits per heavy atom. The summed E-state index contributed by atoms with van der Waals surface area (Å²) in [5, 5.41) is 5.14. The number of rotatable bonds is 1. The molecule has 2 bridgehead atoms. The van der Waals surface area contributed by atoms with Crippen LogP contribution in [0.15, 0.2) is 60.7 Å². The van der Waals surface area contributed by atoms with Gasteiger partial charge in [0.05, 0.1) is 6.04 Å². The van der Waals surface area contributed by atoms with Gasteiger partial charge in [0, 0.05) is 6.04 Å². The smallest absolute Gasteiger partial charge is 0.411 e. The summed E-state index contributed by atoms with van der Waals surface area (Å²) >= 11 is 0. The van der Waals surface area contributed by atoms with Crippen molar-refractivity contribution in [3.05, 3.63) is 66.2 Å². The Morgan fingerprint density at radius 2 is 1.60 bits per heavy atom. The average molecular weight is 400 g/mol. The Hall–Kier alpha value is -2.81. The van der Waals surface area contributed by atoms with Crippen LogP contribution in [0.1, 0.15) is 52.0 Å². The maximum absolute atomic E-state index is 13.0. The molecule has 3 aromatic rings. The van der Waals surface area contributed by atoms with Gasteiger partial charge < -0.3 is 4.74 Å². The van der Waals surface area contributed by atoms with E-state index in [9.17, 15) is 4.79 Å². The van der Waals surface area contributed by atoms with E-state index in [1.165, 1.54) is 32.7 Å². The predicted octanol–water partition coefficient (Wildman–Crippen LogP) is 6.94. The van der Waals surface area contributed by atoms with Crippen molar-refractivity contribution in [2.75, 3.05) is 0 Å². The van der Waals surface area contributed by atoms with Crippen molar-refractivity contribution in [3.63, 3.8) is 0 Å². The summed E-state index contributed by atoms with van der Waals surface area (Å²) in [4.78, 5) is 15.0. The number of hydrogen-bond acceptors (Lipinski definition) is 2. The van der Waals surface area contributed by atoms with Crippen LogP contribution in [-0.2, 0) is 4.74 Å². The van der Waals surface area contributed by atoms with Crippen LogP contribution in [0.5, 0.6) is 0 Å². The third kappa shape index (κ3) is 3.36. The van der Waals surface area contributed by atoms with E-state index in [1.54, 1.807) is 0 Å². The molecule has 154 valence electrons. The average Bonchev–Trinajstić information content (AvgIpc) is 2.69. The monoisotopic (exact) mass is 399 g/mol. The molecule has 3 nitrogen and oxygen atoms in total. The summed E-state index contributed by atoms with van der Waals surface area (Å²) in [6, 6.07) is 19.9. The highest BCUT2D eigenvalue weighted by molar-refractivity contribution is 6.09. The van der Waals surface area contributed by atoms with Gasteiger partial charge in [0.15, 0.2) is 0 Å². The molecule has 0 aromatic heterocycles. The Labute approximate surface area is 178 Å². The largest absolute Gasteiger partial charge is 0.444 e. The molecule has 0 N–H and O–H groups in total. The first-order chi connectivity index (χ1) is 14.4. The Kier molecular flexibility index (Phi) is 4.57. The van der Waals surface area contributed by atoms with Crippen molar-refractivity contribution in [2.45, 2.75) is 64.1 Å². The Bertz CT molecular complexity index is 1100. The van der Waals surface area contributed by atoms with E-state index in [2.05, 4.69) is 60.7 Å². The van der Waals surface area contributed by atoms with Crippen LogP contribution >= 0.6 is 0 Å². The SMILES string of the molecule is CC(C)(C)OC(=O)N1C2C=C(c3c4ccccc4cc4ccccc34)CC1CCC2. The zero-order chi connectivity index (χ0) is 20.9. The van der Waals surface area contributed by atoms with Gasteiger partial charge in [-0.3, -0.25) is 4.90 Å². The number of amides is 1. The summed E-state index contributed by atoms with van der Waals surface area (Å²) in [5.41, 5.74) is 2.24. The lowest BCUT2D eigenvalue weighted by Crippen LogP contribution is -2.53. The van der Waals surface area contributed by atoms with E-state index in [4.69, 9.17) is 4.74 Å². The fourth-order valence-electron chi connectivity index (χ4n) is 5.17. The quantitative estimate of drug-likeness (QED) is 0.415. The van der Waals surface area contributed by atoms with Crippen LogP contribution in [0.25, 0.3) is 27.1 Å². The van der Waals surface area contributed by atoms with Gasteiger partial charge >= 0.3 is 6.09 Å². The standard InChI is InChI=1S/C27H29NO2/c1-27(2,3)30-26(29)28-21-11-8-12-22(28)17-20(16-21)25-23-13-6-4-9-18(23)15-19-10-5-7-14-24(19)25/h4-7,9-10,13-16,21-22H,8,11-12,17H2,1-3H3. The molecular formula is C27H29NO2. The van der Waals surface area contributed by atoms with Gasteiger partial charge in [-0.15, -0.1) is 0 Å². The van der Waals surface area contributed by atoms with Gasteiger partial charge in [0.2, 0.25) is 0 Å². The lowest BCUT2D eigenvalue weighted by Gasteiger charge is -2.45. The van der Waals surface area contributed by atoms with Crippen molar-refractivity contribution in [2.24, 2.45) is 0 Å².